The van der Waals surface area contributed by atoms with E-state index in [0.717, 1.165) is 11.8 Å². The molecule has 11 heteroatoms. The molecule has 3 rings (SSSR count). The van der Waals surface area contributed by atoms with E-state index in [1.165, 1.54) is 22.7 Å². The Bertz CT molecular complexity index is 1090. The van der Waals surface area contributed by atoms with Gasteiger partial charge >= 0.3 is 0 Å². The van der Waals surface area contributed by atoms with Crippen LogP contribution in [0.4, 0.5) is 10.8 Å². The summed E-state index contributed by atoms with van der Waals surface area (Å²) in [4.78, 5) is 28.2. The highest BCUT2D eigenvalue weighted by atomic mass is 32.2. The fourth-order valence-electron chi connectivity index (χ4n) is 2.35. The molecule has 0 aliphatic carbocycles. The van der Waals surface area contributed by atoms with Gasteiger partial charge in [0.05, 0.1) is 11.9 Å². The van der Waals surface area contributed by atoms with Gasteiger partial charge in [-0.05, 0) is 23.6 Å². The van der Waals surface area contributed by atoms with Crippen molar-refractivity contribution in [3.8, 4) is 11.3 Å². The van der Waals surface area contributed by atoms with Crippen LogP contribution < -0.4 is 15.4 Å². The number of carbonyl (C=O) groups is 2. The maximum atomic E-state index is 12.0. The monoisotopic (exact) mass is 450 g/mol. The summed E-state index contributed by atoms with van der Waals surface area (Å²) < 4.78 is 24.9. The van der Waals surface area contributed by atoms with Gasteiger partial charge in [0.1, 0.15) is 0 Å². The molecule has 0 aliphatic heterocycles. The molecule has 2 aromatic heterocycles. The fourth-order valence-corrected chi connectivity index (χ4v) is 4.29. The summed E-state index contributed by atoms with van der Waals surface area (Å²) in [6.45, 7) is 0.230. The topological polar surface area (TPSA) is 117 Å². The molecule has 2 amide bonds. The standard InChI is InChI=1S/C18H18N4O4S3/c1-29(25,26)22-14-4-2-12(3-5-14)15-11-28-18(20-15)21-16(23)6-8-19-17(24)13-7-9-27-10-13/h2-5,7,9-11,22H,6,8H2,1H3,(H,19,24)(H,20,21,23). The van der Waals surface area contributed by atoms with E-state index in [0.29, 0.717) is 22.1 Å². The molecular formula is C18H18N4O4S3. The molecule has 0 bridgehead atoms. The smallest absolute Gasteiger partial charge is 0.252 e. The summed E-state index contributed by atoms with van der Waals surface area (Å²) in [7, 11) is -3.33. The van der Waals surface area contributed by atoms with Gasteiger partial charge in [0.2, 0.25) is 15.9 Å². The Morgan fingerprint density at radius 2 is 1.86 bits per heavy atom. The maximum absolute atomic E-state index is 12.0. The minimum Gasteiger partial charge on any atom is -0.351 e. The second-order valence-electron chi connectivity index (χ2n) is 6.06. The van der Waals surface area contributed by atoms with Crippen molar-refractivity contribution in [1.29, 1.82) is 0 Å². The van der Waals surface area contributed by atoms with Crippen LogP contribution in [-0.4, -0.2) is 38.0 Å². The van der Waals surface area contributed by atoms with Gasteiger partial charge in [-0.15, -0.1) is 11.3 Å². The minimum absolute atomic E-state index is 0.136. The van der Waals surface area contributed by atoms with Gasteiger partial charge in [0.25, 0.3) is 5.91 Å². The molecule has 29 heavy (non-hydrogen) atoms. The number of amides is 2. The molecule has 0 saturated heterocycles. The number of nitrogens with zero attached hydrogens (tertiary/aromatic N) is 1. The van der Waals surface area contributed by atoms with Crippen LogP contribution in [0.2, 0.25) is 0 Å². The van der Waals surface area contributed by atoms with E-state index in [4.69, 9.17) is 0 Å². The molecule has 3 N–H and O–H groups in total. The number of hydrogen-bond acceptors (Lipinski definition) is 7. The van der Waals surface area contributed by atoms with E-state index in [2.05, 4.69) is 20.3 Å². The quantitative estimate of drug-likeness (QED) is 0.488. The summed E-state index contributed by atoms with van der Waals surface area (Å²) in [6, 6.07) is 8.50. The van der Waals surface area contributed by atoms with Crippen LogP contribution in [0.5, 0.6) is 0 Å². The molecule has 0 fully saturated rings. The lowest BCUT2D eigenvalue weighted by Crippen LogP contribution is -2.27. The Balaban J connectivity index is 1.50. The Morgan fingerprint density at radius 3 is 2.52 bits per heavy atom. The first-order valence-corrected chi connectivity index (χ1v) is 12.2. The van der Waals surface area contributed by atoms with Gasteiger partial charge in [-0.1, -0.05) is 12.1 Å². The highest BCUT2D eigenvalue weighted by Crippen LogP contribution is 2.26. The number of sulfonamides is 1. The number of nitrogens with one attached hydrogen (secondary N) is 3. The Morgan fingerprint density at radius 1 is 1.10 bits per heavy atom. The third-order valence-electron chi connectivity index (χ3n) is 3.66. The number of hydrogen-bond donors (Lipinski definition) is 3. The first kappa shape index (κ1) is 21.0. The lowest BCUT2D eigenvalue weighted by atomic mass is 10.1. The van der Waals surface area contributed by atoms with Gasteiger partial charge in [-0.25, -0.2) is 13.4 Å². The molecule has 3 aromatic rings. The average Bonchev–Trinajstić information content (AvgIpc) is 3.33. The SMILES string of the molecule is CS(=O)(=O)Nc1ccc(-c2csc(NC(=O)CCNC(=O)c3ccsc3)n2)cc1. The number of rotatable bonds is 8. The number of thiazole rings is 1. The van der Waals surface area contributed by atoms with Crippen molar-refractivity contribution < 1.29 is 18.0 Å². The lowest BCUT2D eigenvalue weighted by Gasteiger charge is -2.05. The average molecular weight is 451 g/mol. The first-order chi connectivity index (χ1) is 13.8. The third-order valence-corrected chi connectivity index (χ3v) is 5.70. The summed E-state index contributed by atoms with van der Waals surface area (Å²) in [6.07, 6.45) is 1.22. The van der Waals surface area contributed by atoms with E-state index >= 15 is 0 Å². The largest absolute Gasteiger partial charge is 0.351 e. The van der Waals surface area contributed by atoms with Crippen LogP contribution in [0.15, 0.2) is 46.5 Å². The molecule has 0 aliphatic rings. The summed E-state index contributed by atoms with van der Waals surface area (Å²) in [5.74, 6) is -0.450. The zero-order valence-electron chi connectivity index (χ0n) is 15.3. The van der Waals surface area contributed by atoms with E-state index in [1.54, 1.807) is 41.1 Å². The number of aromatic nitrogens is 1. The molecule has 0 spiro atoms. The van der Waals surface area contributed by atoms with Crippen LogP contribution in [0.25, 0.3) is 11.3 Å². The van der Waals surface area contributed by atoms with Crippen molar-refractivity contribution in [3.05, 3.63) is 52.0 Å². The molecule has 0 atom stereocenters. The fraction of sp³-hybridized carbons (Fsp3) is 0.167. The van der Waals surface area contributed by atoms with Gasteiger partial charge in [-0.2, -0.15) is 11.3 Å². The third kappa shape index (κ3) is 6.38. The predicted octanol–water partition coefficient (Wildman–Crippen LogP) is 3.00. The lowest BCUT2D eigenvalue weighted by molar-refractivity contribution is -0.116. The van der Waals surface area contributed by atoms with Crippen molar-refractivity contribution >= 4 is 55.3 Å². The Hall–Kier alpha value is -2.76. The van der Waals surface area contributed by atoms with Crippen molar-refractivity contribution in [3.63, 3.8) is 0 Å². The molecule has 2 heterocycles. The van der Waals surface area contributed by atoms with Crippen molar-refractivity contribution in [1.82, 2.24) is 10.3 Å². The maximum Gasteiger partial charge on any atom is 0.252 e. The molecule has 0 saturated carbocycles. The molecule has 8 nitrogen and oxygen atoms in total. The summed E-state index contributed by atoms with van der Waals surface area (Å²) in [5.41, 5.74) is 2.51. The van der Waals surface area contributed by atoms with Crippen LogP contribution in [0, 0.1) is 0 Å². The van der Waals surface area contributed by atoms with Crippen molar-refractivity contribution in [2.45, 2.75) is 6.42 Å². The van der Waals surface area contributed by atoms with E-state index < -0.39 is 10.0 Å². The molecular weight excluding hydrogens is 432 g/mol. The van der Waals surface area contributed by atoms with Crippen molar-refractivity contribution in [2.75, 3.05) is 22.8 Å². The van der Waals surface area contributed by atoms with E-state index in [-0.39, 0.29) is 24.8 Å². The van der Waals surface area contributed by atoms with Gasteiger partial charge < -0.3 is 10.6 Å². The number of benzene rings is 1. The molecule has 1 aromatic carbocycles. The highest BCUT2D eigenvalue weighted by Gasteiger charge is 2.10. The molecule has 152 valence electrons. The molecule has 0 unspecified atom stereocenters. The number of thiophene rings is 1. The van der Waals surface area contributed by atoms with Crippen LogP contribution >= 0.6 is 22.7 Å². The van der Waals surface area contributed by atoms with Crippen LogP contribution in [0.1, 0.15) is 16.8 Å². The second-order valence-corrected chi connectivity index (χ2v) is 9.44. The minimum atomic E-state index is -3.33. The predicted molar refractivity (Wildman–Crippen MR) is 116 cm³/mol. The summed E-state index contributed by atoms with van der Waals surface area (Å²) >= 11 is 2.72. The molecule has 0 radical (unpaired) electrons. The van der Waals surface area contributed by atoms with E-state index in [1.807, 2.05) is 5.38 Å². The highest BCUT2D eigenvalue weighted by molar-refractivity contribution is 7.92. The van der Waals surface area contributed by atoms with Crippen LogP contribution in [-0.2, 0) is 14.8 Å². The van der Waals surface area contributed by atoms with Gasteiger partial charge in [0, 0.05) is 40.5 Å². The van der Waals surface area contributed by atoms with Crippen LogP contribution in [0.3, 0.4) is 0 Å². The zero-order chi connectivity index (χ0) is 20.9. The Labute approximate surface area is 176 Å². The van der Waals surface area contributed by atoms with Gasteiger partial charge in [-0.3, -0.25) is 14.3 Å². The zero-order valence-corrected chi connectivity index (χ0v) is 17.8. The van der Waals surface area contributed by atoms with Crippen molar-refractivity contribution in [2.24, 2.45) is 0 Å². The summed E-state index contributed by atoms with van der Waals surface area (Å²) in [5, 5.41) is 11.2. The van der Waals surface area contributed by atoms with E-state index in [9.17, 15) is 18.0 Å². The number of anilines is 2. The number of carbonyl (C=O) groups excluding carboxylic acids is 2. The first-order valence-electron chi connectivity index (χ1n) is 8.44. The normalized spacial score (nSPS) is 11.1. The Kier molecular flexibility index (Phi) is 6.62. The van der Waals surface area contributed by atoms with Gasteiger partial charge in [0.15, 0.2) is 5.13 Å². The second kappa shape index (κ2) is 9.16.